The fourth-order valence-corrected chi connectivity index (χ4v) is 3.84. The minimum atomic E-state index is -0.814. The highest BCUT2D eigenvalue weighted by Crippen LogP contribution is 2.26. The van der Waals surface area contributed by atoms with Gasteiger partial charge in [0, 0.05) is 22.1 Å². The van der Waals surface area contributed by atoms with Crippen molar-refractivity contribution in [3.8, 4) is 0 Å². The maximum atomic E-state index is 11.3. The first-order chi connectivity index (χ1) is 17.3. The molecule has 37 heavy (non-hydrogen) atoms. The van der Waals surface area contributed by atoms with Gasteiger partial charge in [-0.1, -0.05) is 29.8 Å². The van der Waals surface area contributed by atoms with Crippen LogP contribution in [0.5, 0.6) is 0 Å². The lowest BCUT2D eigenvalue weighted by Crippen LogP contribution is -2.46. The maximum absolute atomic E-state index is 11.3. The van der Waals surface area contributed by atoms with Crippen LogP contribution in [-0.2, 0) is 4.79 Å². The minimum absolute atomic E-state index is 0. The van der Waals surface area contributed by atoms with Crippen molar-refractivity contribution in [2.24, 2.45) is 5.73 Å². The second kappa shape index (κ2) is 12.0. The molecule has 8 nitrogen and oxygen atoms in total. The van der Waals surface area contributed by atoms with E-state index in [9.17, 15) is 9.59 Å². The third-order valence-electron chi connectivity index (χ3n) is 5.81. The number of nitrogens with one attached hydrogen (secondary N) is 3. The highest BCUT2D eigenvalue weighted by molar-refractivity contribution is 9.10. The van der Waals surface area contributed by atoms with E-state index in [-0.39, 0.29) is 18.3 Å². The number of primary amides is 1. The van der Waals surface area contributed by atoms with Crippen LogP contribution in [0, 0.1) is 0 Å². The van der Waals surface area contributed by atoms with Gasteiger partial charge in [-0.3, -0.25) is 10.1 Å². The number of imide groups is 1. The number of rotatable bonds is 3. The highest BCUT2D eigenvalue weighted by Gasteiger charge is 2.32. The van der Waals surface area contributed by atoms with E-state index >= 15 is 0 Å². The van der Waals surface area contributed by atoms with Crippen LogP contribution >= 0.6 is 28.3 Å². The van der Waals surface area contributed by atoms with Gasteiger partial charge in [0.1, 0.15) is 4.32 Å². The average Bonchev–Trinajstić information content (AvgIpc) is 3.64. The lowest BCUT2D eigenvalue weighted by molar-refractivity contribution is -0.122. The van der Waals surface area contributed by atoms with Crippen molar-refractivity contribution >= 4 is 86.6 Å². The molecule has 0 unspecified atom stereocenters. The molecule has 0 atom stereocenters. The molecule has 0 fully saturated rings. The second-order valence-corrected chi connectivity index (χ2v) is 9.91. The van der Waals surface area contributed by atoms with Crippen molar-refractivity contribution in [2.45, 2.75) is 31.0 Å². The summed E-state index contributed by atoms with van der Waals surface area (Å²) in [5.74, 6) is -0.375. The standard InChI is InChI=1S/C20H14N4.C7H13BrN2O2.ClH/c1-2-14-10-16-5-6-18(23-16)12-20-8-7-19(24-20)11-17-4-3-15(22-17)9-13(1)21-14;1-3-7(8,4-2)5(11)10-6(9)12;/h1-12,21-22H;3-4H2,1-2H3,(H3,9,10,11,12);1H. The molecular formula is C27H28BrClN6O2. The van der Waals surface area contributed by atoms with Crippen LogP contribution in [-0.4, -0.2) is 36.2 Å². The molecule has 10 heteroatoms. The summed E-state index contributed by atoms with van der Waals surface area (Å²) in [5.41, 5.74) is 12.7. The average molecular weight is 584 g/mol. The Morgan fingerprint density at radius 2 is 1.16 bits per heavy atom. The van der Waals surface area contributed by atoms with E-state index in [1.807, 2.05) is 61.7 Å². The number of carbonyl (C=O) groups excluding carboxylic acids is 2. The van der Waals surface area contributed by atoms with Gasteiger partial charge in [-0.15, -0.1) is 12.4 Å². The zero-order chi connectivity index (χ0) is 25.7. The van der Waals surface area contributed by atoms with Crippen LogP contribution < -0.4 is 11.1 Å². The van der Waals surface area contributed by atoms with Crippen LogP contribution in [0.1, 0.15) is 49.5 Å². The molecule has 5 N–H and O–H groups in total. The van der Waals surface area contributed by atoms with Crippen LogP contribution in [0.3, 0.4) is 0 Å². The fraction of sp³-hybridized carbons (Fsp3) is 0.185. The molecule has 2 aliphatic heterocycles. The number of nitrogens with zero attached hydrogens (tertiary/aromatic N) is 2. The first-order valence-electron chi connectivity index (χ1n) is 11.6. The number of aromatic nitrogens is 4. The summed E-state index contributed by atoms with van der Waals surface area (Å²) in [5, 5.41) is 2.04. The summed E-state index contributed by atoms with van der Waals surface area (Å²) in [7, 11) is 0. The van der Waals surface area contributed by atoms with E-state index in [2.05, 4.69) is 66.2 Å². The quantitative estimate of drug-likeness (QED) is 0.188. The van der Waals surface area contributed by atoms with Crippen molar-refractivity contribution < 1.29 is 9.59 Å². The molecule has 3 aromatic heterocycles. The van der Waals surface area contributed by atoms with E-state index in [0.717, 1.165) is 44.8 Å². The Morgan fingerprint density at radius 1 is 0.784 bits per heavy atom. The molecule has 3 aromatic rings. The predicted molar refractivity (Wildman–Crippen MR) is 156 cm³/mol. The van der Waals surface area contributed by atoms with Crippen LogP contribution in [0.4, 0.5) is 4.79 Å². The molecule has 5 rings (SSSR count). The molecule has 0 aromatic carbocycles. The number of hydrogen-bond acceptors (Lipinski definition) is 4. The maximum Gasteiger partial charge on any atom is 0.318 e. The number of carbonyl (C=O) groups is 2. The summed E-state index contributed by atoms with van der Waals surface area (Å²) in [4.78, 5) is 37.7. The van der Waals surface area contributed by atoms with Gasteiger partial charge in [-0.05, 0) is 85.7 Å². The number of aromatic amines is 2. The third kappa shape index (κ3) is 7.18. The Bertz CT molecular complexity index is 1430. The fourth-order valence-electron chi connectivity index (χ4n) is 3.74. The molecule has 5 heterocycles. The lowest BCUT2D eigenvalue weighted by Gasteiger charge is -2.21. The Morgan fingerprint density at radius 3 is 1.54 bits per heavy atom. The number of urea groups is 1. The zero-order valence-corrected chi connectivity index (χ0v) is 22.8. The largest absolute Gasteiger partial charge is 0.355 e. The summed E-state index contributed by atoms with van der Waals surface area (Å²) in [6.45, 7) is 3.72. The smallest absolute Gasteiger partial charge is 0.318 e. The van der Waals surface area contributed by atoms with Gasteiger partial charge in [0.15, 0.2) is 0 Å². The molecule has 192 valence electrons. The van der Waals surface area contributed by atoms with Gasteiger partial charge in [0.2, 0.25) is 5.91 Å². The van der Waals surface area contributed by atoms with Crippen LogP contribution in [0.2, 0.25) is 0 Å². The molecular weight excluding hydrogens is 556 g/mol. The number of alkyl halides is 1. The Kier molecular flexibility index (Phi) is 9.07. The number of halogens is 2. The number of fused-ring (bicyclic) bond motifs is 8. The van der Waals surface area contributed by atoms with Crippen molar-refractivity contribution in [1.29, 1.82) is 0 Å². The Labute approximate surface area is 229 Å². The summed E-state index contributed by atoms with van der Waals surface area (Å²) in [6, 6.07) is 15.6. The molecule has 0 spiro atoms. The van der Waals surface area contributed by atoms with Crippen LogP contribution in [0.25, 0.3) is 46.4 Å². The highest BCUT2D eigenvalue weighted by atomic mass is 79.9. The number of amides is 3. The molecule has 8 bridgehead atoms. The summed E-state index contributed by atoms with van der Waals surface area (Å²) in [6.07, 6.45) is 9.27. The van der Waals surface area contributed by atoms with Crippen molar-refractivity contribution in [3.63, 3.8) is 0 Å². The molecule has 0 saturated heterocycles. The number of hydrogen-bond donors (Lipinski definition) is 4. The van der Waals surface area contributed by atoms with Gasteiger partial charge in [0.05, 0.1) is 22.8 Å². The number of H-pyrrole nitrogens is 2. The van der Waals surface area contributed by atoms with E-state index in [4.69, 9.17) is 5.73 Å². The van der Waals surface area contributed by atoms with Gasteiger partial charge < -0.3 is 15.7 Å². The first-order valence-corrected chi connectivity index (χ1v) is 12.4. The van der Waals surface area contributed by atoms with Crippen LogP contribution in [0.15, 0.2) is 48.5 Å². The van der Waals surface area contributed by atoms with Gasteiger partial charge >= 0.3 is 6.03 Å². The molecule has 2 aliphatic rings. The zero-order valence-electron chi connectivity index (χ0n) is 20.4. The predicted octanol–water partition coefficient (Wildman–Crippen LogP) is 6.21. The van der Waals surface area contributed by atoms with E-state index in [1.165, 1.54) is 0 Å². The Hall–Kier alpha value is -3.69. The van der Waals surface area contributed by atoms with Crippen molar-refractivity contribution in [1.82, 2.24) is 25.3 Å². The minimum Gasteiger partial charge on any atom is -0.355 e. The van der Waals surface area contributed by atoms with E-state index in [1.54, 1.807) is 0 Å². The number of nitrogens with two attached hydrogens (primary N) is 1. The van der Waals surface area contributed by atoms with Gasteiger partial charge in [0.25, 0.3) is 0 Å². The summed E-state index contributed by atoms with van der Waals surface area (Å²) < 4.78 is -0.665. The van der Waals surface area contributed by atoms with Crippen molar-refractivity contribution in [3.05, 3.63) is 71.3 Å². The van der Waals surface area contributed by atoms with Crippen molar-refractivity contribution in [2.75, 3.05) is 0 Å². The Balaban J connectivity index is 0.000000253. The molecule has 3 amide bonds. The normalized spacial score (nSPS) is 11.8. The first kappa shape index (κ1) is 27.9. The van der Waals surface area contributed by atoms with Gasteiger partial charge in [-0.2, -0.15) is 0 Å². The molecule has 0 aliphatic carbocycles. The second-order valence-electron chi connectivity index (χ2n) is 8.40. The van der Waals surface area contributed by atoms with Gasteiger partial charge in [-0.25, -0.2) is 14.8 Å². The monoisotopic (exact) mass is 582 g/mol. The SMILES string of the molecule is C1=Cc2cc3ccc(cc4ccc(cc5nc(cc1n2)C=C5)[nH]4)[nH]3.CCC(Br)(CC)C(=O)NC(N)=O.Cl. The summed E-state index contributed by atoms with van der Waals surface area (Å²) >= 11 is 3.26. The lowest BCUT2D eigenvalue weighted by atomic mass is 10.0. The molecule has 0 radical (unpaired) electrons. The third-order valence-corrected chi connectivity index (χ3v) is 7.29. The molecule has 0 saturated carbocycles. The van der Waals surface area contributed by atoms with E-state index < -0.39 is 10.4 Å². The van der Waals surface area contributed by atoms with E-state index in [0.29, 0.717) is 12.8 Å². The topological polar surface area (TPSA) is 130 Å².